The molecule has 2 aromatic rings. The van der Waals surface area contributed by atoms with Gasteiger partial charge in [-0.1, -0.05) is 0 Å². The van der Waals surface area contributed by atoms with Crippen molar-refractivity contribution < 1.29 is 9.13 Å². The van der Waals surface area contributed by atoms with Crippen molar-refractivity contribution in [1.29, 1.82) is 0 Å². The van der Waals surface area contributed by atoms with Crippen LogP contribution < -0.4 is 5.32 Å². The first-order valence-electron chi connectivity index (χ1n) is 4.98. The lowest BCUT2D eigenvalue weighted by Gasteiger charge is -1.98. The Balaban J connectivity index is 2.04. The minimum Gasteiger partial charge on any atom is -0.383 e. The third-order valence-electron chi connectivity index (χ3n) is 1.96. The number of hydrogen-bond acceptors (Lipinski definition) is 6. The molecule has 0 atom stereocenters. The van der Waals surface area contributed by atoms with E-state index in [9.17, 15) is 4.39 Å². The van der Waals surface area contributed by atoms with Crippen LogP contribution in [0.1, 0.15) is 0 Å². The van der Waals surface area contributed by atoms with E-state index in [1.165, 1.54) is 17.6 Å². The molecule has 90 valence electrons. The number of halogens is 1. The van der Waals surface area contributed by atoms with E-state index >= 15 is 0 Å². The molecule has 0 unspecified atom stereocenters. The number of methoxy groups -OCH3 is 1. The Morgan fingerprint density at radius 3 is 3.06 bits per heavy atom. The van der Waals surface area contributed by atoms with Gasteiger partial charge in [-0.25, -0.2) is 9.37 Å². The minimum absolute atomic E-state index is 0.373. The summed E-state index contributed by atoms with van der Waals surface area (Å²) >= 11 is 1.24. The molecule has 2 heterocycles. The van der Waals surface area contributed by atoms with Gasteiger partial charge in [-0.3, -0.25) is 0 Å². The molecule has 0 radical (unpaired) electrons. The van der Waals surface area contributed by atoms with Gasteiger partial charge in [0, 0.05) is 25.2 Å². The van der Waals surface area contributed by atoms with Crippen LogP contribution in [-0.2, 0) is 4.74 Å². The van der Waals surface area contributed by atoms with Crippen molar-refractivity contribution in [2.24, 2.45) is 0 Å². The number of rotatable bonds is 5. The monoisotopic (exact) mass is 254 g/mol. The standard InChI is InChI=1S/C10H11FN4OS/c1-16-5-4-12-10-14-9(15-17-10)8-3-2-7(11)6-13-8/h2-3,6H,4-5H2,1H3,(H,12,14,15). The fourth-order valence-electron chi connectivity index (χ4n) is 1.17. The van der Waals surface area contributed by atoms with Crippen molar-refractivity contribution >= 4 is 16.7 Å². The van der Waals surface area contributed by atoms with Crippen LogP contribution in [0, 0.1) is 5.82 Å². The summed E-state index contributed by atoms with van der Waals surface area (Å²) in [5, 5.41) is 3.76. The van der Waals surface area contributed by atoms with Gasteiger partial charge in [0.2, 0.25) is 5.13 Å². The summed E-state index contributed by atoms with van der Waals surface area (Å²) in [6.45, 7) is 1.27. The van der Waals surface area contributed by atoms with Gasteiger partial charge in [0.05, 0.1) is 12.8 Å². The smallest absolute Gasteiger partial charge is 0.203 e. The van der Waals surface area contributed by atoms with E-state index < -0.39 is 0 Å². The SMILES string of the molecule is COCCNc1nc(-c2ccc(F)cn2)ns1. The molecule has 0 aliphatic heterocycles. The number of hydrogen-bond donors (Lipinski definition) is 1. The molecule has 2 rings (SSSR count). The third-order valence-corrected chi connectivity index (χ3v) is 2.64. The molecule has 1 N–H and O–H groups in total. The van der Waals surface area contributed by atoms with Crippen LogP contribution in [0.2, 0.25) is 0 Å². The lowest BCUT2D eigenvalue weighted by molar-refractivity contribution is 0.211. The summed E-state index contributed by atoms with van der Waals surface area (Å²) in [5.41, 5.74) is 0.558. The highest BCUT2D eigenvalue weighted by Gasteiger charge is 2.07. The van der Waals surface area contributed by atoms with Crippen molar-refractivity contribution in [3.8, 4) is 11.5 Å². The van der Waals surface area contributed by atoms with Gasteiger partial charge < -0.3 is 10.1 Å². The first kappa shape index (κ1) is 11.9. The highest BCUT2D eigenvalue weighted by Crippen LogP contribution is 2.18. The van der Waals surface area contributed by atoms with Crippen molar-refractivity contribution in [1.82, 2.24) is 14.3 Å². The Morgan fingerprint density at radius 1 is 1.47 bits per heavy atom. The molecule has 0 saturated carbocycles. The maximum Gasteiger partial charge on any atom is 0.203 e. The van der Waals surface area contributed by atoms with Gasteiger partial charge in [0.15, 0.2) is 5.82 Å². The highest BCUT2D eigenvalue weighted by molar-refractivity contribution is 7.09. The maximum absolute atomic E-state index is 12.7. The van der Waals surface area contributed by atoms with E-state index in [1.807, 2.05) is 0 Å². The van der Waals surface area contributed by atoms with Crippen molar-refractivity contribution in [2.45, 2.75) is 0 Å². The van der Waals surface area contributed by atoms with Gasteiger partial charge in [0.1, 0.15) is 11.5 Å². The van der Waals surface area contributed by atoms with Gasteiger partial charge in [-0.05, 0) is 12.1 Å². The number of nitrogens with one attached hydrogen (secondary N) is 1. The summed E-state index contributed by atoms with van der Waals surface area (Å²) in [4.78, 5) is 8.15. The molecular weight excluding hydrogens is 243 g/mol. The summed E-state index contributed by atoms with van der Waals surface area (Å²) in [7, 11) is 1.63. The fraction of sp³-hybridized carbons (Fsp3) is 0.300. The van der Waals surface area contributed by atoms with Crippen molar-refractivity contribution in [3.63, 3.8) is 0 Å². The van der Waals surface area contributed by atoms with E-state index in [2.05, 4.69) is 19.7 Å². The first-order valence-corrected chi connectivity index (χ1v) is 5.75. The molecule has 0 bridgehead atoms. The second-order valence-corrected chi connectivity index (χ2v) is 3.96. The van der Waals surface area contributed by atoms with Crippen LogP contribution in [0.4, 0.5) is 9.52 Å². The quantitative estimate of drug-likeness (QED) is 0.824. The second-order valence-electron chi connectivity index (χ2n) is 3.20. The van der Waals surface area contributed by atoms with Crippen LogP contribution in [-0.4, -0.2) is 34.6 Å². The molecule has 0 spiro atoms. The van der Waals surface area contributed by atoms with E-state index in [0.717, 1.165) is 6.20 Å². The molecule has 0 aromatic carbocycles. The zero-order valence-electron chi connectivity index (χ0n) is 9.18. The lowest BCUT2D eigenvalue weighted by atomic mass is 10.3. The summed E-state index contributed by atoms with van der Waals surface area (Å²) in [6.07, 6.45) is 1.15. The Kier molecular flexibility index (Phi) is 3.94. The zero-order valence-corrected chi connectivity index (χ0v) is 10.00. The predicted octanol–water partition coefficient (Wildman–Crippen LogP) is 1.80. The Labute approximate surface area is 102 Å². The molecule has 7 heteroatoms. The molecule has 0 saturated heterocycles. The number of nitrogens with zero attached hydrogens (tertiary/aromatic N) is 3. The summed E-state index contributed by atoms with van der Waals surface area (Å²) in [5.74, 6) is 0.123. The third kappa shape index (κ3) is 3.18. The fourth-order valence-corrected chi connectivity index (χ4v) is 1.77. The van der Waals surface area contributed by atoms with Crippen molar-refractivity contribution in [2.75, 3.05) is 25.6 Å². The molecule has 2 aromatic heterocycles. The molecule has 0 amide bonds. The van der Waals surface area contributed by atoms with E-state index in [-0.39, 0.29) is 5.82 Å². The highest BCUT2D eigenvalue weighted by atomic mass is 32.1. The average molecular weight is 254 g/mol. The molecule has 0 fully saturated rings. The molecule has 5 nitrogen and oxygen atoms in total. The van der Waals surface area contributed by atoms with E-state index in [1.54, 1.807) is 13.2 Å². The zero-order chi connectivity index (χ0) is 12.1. The second kappa shape index (κ2) is 5.65. The van der Waals surface area contributed by atoms with Gasteiger partial charge in [0.25, 0.3) is 0 Å². The first-order chi connectivity index (χ1) is 8.29. The van der Waals surface area contributed by atoms with Crippen molar-refractivity contribution in [3.05, 3.63) is 24.1 Å². The van der Waals surface area contributed by atoms with Crippen LogP contribution in [0.3, 0.4) is 0 Å². The van der Waals surface area contributed by atoms with Crippen LogP contribution in [0.15, 0.2) is 18.3 Å². The maximum atomic E-state index is 12.7. The normalized spacial score (nSPS) is 10.5. The number of ether oxygens (including phenoxy) is 1. The molecule has 17 heavy (non-hydrogen) atoms. The van der Waals surface area contributed by atoms with E-state index in [0.29, 0.717) is 29.8 Å². The Morgan fingerprint density at radius 2 is 2.35 bits per heavy atom. The number of aromatic nitrogens is 3. The lowest BCUT2D eigenvalue weighted by Crippen LogP contribution is -2.07. The molecule has 0 aliphatic carbocycles. The Hall–Kier alpha value is -1.60. The average Bonchev–Trinajstić information content (AvgIpc) is 2.79. The van der Waals surface area contributed by atoms with Crippen LogP contribution >= 0.6 is 11.5 Å². The van der Waals surface area contributed by atoms with Gasteiger partial charge >= 0.3 is 0 Å². The summed E-state index contributed by atoms with van der Waals surface area (Å²) < 4.78 is 21.7. The topological polar surface area (TPSA) is 59.9 Å². The van der Waals surface area contributed by atoms with E-state index in [4.69, 9.17) is 4.74 Å². The van der Waals surface area contributed by atoms with Crippen LogP contribution in [0.5, 0.6) is 0 Å². The molecular formula is C10H11FN4OS. The van der Waals surface area contributed by atoms with Gasteiger partial charge in [-0.2, -0.15) is 9.36 Å². The summed E-state index contributed by atoms with van der Waals surface area (Å²) in [6, 6.07) is 2.89. The number of pyridine rings is 1. The van der Waals surface area contributed by atoms with Gasteiger partial charge in [-0.15, -0.1) is 0 Å². The predicted molar refractivity (Wildman–Crippen MR) is 63.5 cm³/mol. The number of anilines is 1. The molecule has 0 aliphatic rings. The van der Waals surface area contributed by atoms with Crippen LogP contribution in [0.25, 0.3) is 11.5 Å². The largest absolute Gasteiger partial charge is 0.383 e. The minimum atomic E-state index is -0.373. The Bertz CT molecular complexity index is 473.